The lowest BCUT2D eigenvalue weighted by Crippen LogP contribution is -2.47. The van der Waals surface area contributed by atoms with E-state index < -0.39 is 5.97 Å². The third-order valence-corrected chi connectivity index (χ3v) is 3.80. The first-order chi connectivity index (χ1) is 10.7. The summed E-state index contributed by atoms with van der Waals surface area (Å²) in [5.41, 5.74) is 2.34. The van der Waals surface area contributed by atoms with E-state index in [1.165, 1.54) is 11.1 Å². The highest BCUT2D eigenvalue weighted by molar-refractivity contribution is 5.69. The fourth-order valence-electron chi connectivity index (χ4n) is 2.81. The van der Waals surface area contributed by atoms with Crippen LogP contribution in [-0.4, -0.2) is 23.9 Å². The van der Waals surface area contributed by atoms with Crippen molar-refractivity contribution < 1.29 is 9.90 Å². The first kappa shape index (κ1) is 14.7. The molecule has 2 unspecified atom stereocenters. The van der Waals surface area contributed by atoms with Crippen molar-refractivity contribution in [1.29, 1.82) is 0 Å². The Hall–Kier alpha value is -2.21. The van der Waals surface area contributed by atoms with Crippen LogP contribution in [0.15, 0.2) is 60.7 Å². The number of rotatable bonds is 5. The minimum atomic E-state index is -0.872. The lowest BCUT2D eigenvalue weighted by molar-refractivity contribution is -0.136. The number of carboxylic acids is 1. The number of hydrogen-bond donors (Lipinski definition) is 4. The summed E-state index contributed by atoms with van der Waals surface area (Å²) in [4.78, 5) is 10.7. The number of nitrogens with one attached hydrogen (secondary N) is 3. The van der Waals surface area contributed by atoms with Crippen LogP contribution < -0.4 is 16.0 Å². The summed E-state index contributed by atoms with van der Waals surface area (Å²) >= 11 is 0. The monoisotopic (exact) mass is 297 g/mol. The Balaban J connectivity index is 1.82. The van der Waals surface area contributed by atoms with Gasteiger partial charge in [0.2, 0.25) is 0 Å². The summed E-state index contributed by atoms with van der Waals surface area (Å²) in [5, 5.41) is 18.6. The van der Waals surface area contributed by atoms with Crippen molar-refractivity contribution in [2.75, 3.05) is 6.54 Å². The molecule has 0 bridgehead atoms. The van der Waals surface area contributed by atoms with Crippen molar-refractivity contribution in [3.63, 3.8) is 0 Å². The minimum absolute atomic E-state index is 0.0786. The second-order valence-corrected chi connectivity index (χ2v) is 5.32. The van der Waals surface area contributed by atoms with Crippen molar-refractivity contribution in [2.45, 2.75) is 18.4 Å². The smallest absolute Gasteiger partial charge is 0.317 e. The van der Waals surface area contributed by atoms with Crippen LogP contribution in [0.2, 0.25) is 0 Å². The Morgan fingerprint density at radius 3 is 1.77 bits per heavy atom. The van der Waals surface area contributed by atoms with Crippen LogP contribution in [0.25, 0.3) is 0 Å². The van der Waals surface area contributed by atoms with E-state index in [-0.39, 0.29) is 24.9 Å². The molecule has 4 N–H and O–H groups in total. The van der Waals surface area contributed by atoms with Gasteiger partial charge in [-0.25, -0.2) is 0 Å². The largest absolute Gasteiger partial charge is 0.480 e. The van der Waals surface area contributed by atoms with Crippen LogP contribution in [0.1, 0.15) is 23.2 Å². The van der Waals surface area contributed by atoms with Gasteiger partial charge in [0, 0.05) is 0 Å². The Kier molecular flexibility index (Phi) is 4.48. The van der Waals surface area contributed by atoms with E-state index in [9.17, 15) is 4.79 Å². The predicted octanol–water partition coefficient (Wildman–Crippen LogP) is 1.62. The third kappa shape index (κ3) is 3.33. The van der Waals surface area contributed by atoms with Crippen LogP contribution in [0.5, 0.6) is 0 Å². The van der Waals surface area contributed by atoms with Gasteiger partial charge in [0.15, 0.2) is 0 Å². The van der Waals surface area contributed by atoms with Gasteiger partial charge < -0.3 is 5.11 Å². The van der Waals surface area contributed by atoms with Gasteiger partial charge in [-0.05, 0) is 11.1 Å². The van der Waals surface area contributed by atoms with Crippen molar-refractivity contribution in [3.05, 3.63) is 71.8 Å². The predicted molar refractivity (Wildman–Crippen MR) is 84.1 cm³/mol. The van der Waals surface area contributed by atoms with Gasteiger partial charge in [0.1, 0.15) is 6.29 Å². The zero-order valence-electron chi connectivity index (χ0n) is 12.1. The van der Waals surface area contributed by atoms with Gasteiger partial charge in [-0.15, -0.1) is 0 Å². The molecule has 0 saturated carbocycles. The summed E-state index contributed by atoms with van der Waals surface area (Å²) in [6, 6.07) is 20.5. The van der Waals surface area contributed by atoms with Crippen molar-refractivity contribution in [1.82, 2.24) is 16.0 Å². The molecule has 3 rings (SSSR count). The quantitative estimate of drug-likeness (QED) is 0.675. The highest BCUT2D eigenvalue weighted by atomic mass is 16.4. The summed E-state index contributed by atoms with van der Waals surface area (Å²) in [6.07, 6.45) is -0.244. The molecular formula is C17H19N3O2. The summed E-state index contributed by atoms with van der Waals surface area (Å²) in [7, 11) is 0. The number of carboxylic acid groups (broad SMARTS) is 1. The molecule has 2 aromatic carbocycles. The average molecular weight is 297 g/mol. The summed E-state index contributed by atoms with van der Waals surface area (Å²) in [5.74, 6) is -0.872. The standard InChI is InChI=1S/C17H19N3O2/c21-14(22)11-18-17-19-15(12-7-3-1-4-8-12)16(20-17)13-9-5-2-6-10-13/h1-10,15-20H,11H2,(H,21,22). The summed E-state index contributed by atoms with van der Waals surface area (Å²) in [6.45, 7) is -0.0896. The Morgan fingerprint density at radius 2 is 1.36 bits per heavy atom. The van der Waals surface area contributed by atoms with Crippen LogP contribution in [-0.2, 0) is 4.79 Å². The molecule has 2 aromatic rings. The van der Waals surface area contributed by atoms with Crippen LogP contribution >= 0.6 is 0 Å². The molecule has 2 atom stereocenters. The van der Waals surface area contributed by atoms with Gasteiger partial charge in [-0.1, -0.05) is 60.7 Å². The van der Waals surface area contributed by atoms with Gasteiger partial charge in [0.25, 0.3) is 0 Å². The fourth-order valence-corrected chi connectivity index (χ4v) is 2.81. The van der Waals surface area contributed by atoms with E-state index >= 15 is 0 Å². The maximum atomic E-state index is 10.7. The van der Waals surface area contributed by atoms with Crippen molar-refractivity contribution in [3.8, 4) is 0 Å². The number of aliphatic carboxylic acids is 1. The van der Waals surface area contributed by atoms with Gasteiger partial charge in [0.05, 0.1) is 18.6 Å². The van der Waals surface area contributed by atoms with Crippen molar-refractivity contribution >= 4 is 5.97 Å². The van der Waals surface area contributed by atoms with E-state index in [2.05, 4.69) is 40.2 Å². The first-order valence-electron chi connectivity index (χ1n) is 7.31. The first-order valence-corrected chi connectivity index (χ1v) is 7.31. The molecule has 0 aromatic heterocycles. The van der Waals surface area contributed by atoms with E-state index in [1.807, 2.05) is 36.4 Å². The minimum Gasteiger partial charge on any atom is -0.480 e. The Morgan fingerprint density at radius 1 is 0.909 bits per heavy atom. The SMILES string of the molecule is O=C(O)CNC1NC(c2ccccc2)C(c2ccccc2)N1. The molecule has 22 heavy (non-hydrogen) atoms. The molecule has 5 nitrogen and oxygen atoms in total. The fraction of sp³-hybridized carbons (Fsp3) is 0.235. The molecule has 5 heteroatoms. The van der Waals surface area contributed by atoms with Crippen LogP contribution in [0.3, 0.4) is 0 Å². The van der Waals surface area contributed by atoms with E-state index in [0.29, 0.717) is 0 Å². The maximum Gasteiger partial charge on any atom is 0.317 e. The normalized spacial score (nSPS) is 24.3. The zero-order chi connectivity index (χ0) is 15.4. The zero-order valence-corrected chi connectivity index (χ0v) is 12.1. The molecule has 1 saturated heterocycles. The molecule has 0 radical (unpaired) electrons. The summed E-state index contributed by atoms with van der Waals surface area (Å²) < 4.78 is 0. The molecule has 1 fully saturated rings. The Bertz CT molecular complexity index is 571. The number of hydrogen-bond acceptors (Lipinski definition) is 4. The lowest BCUT2D eigenvalue weighted by Gasteiger charge is -2.19. The highest BCUT2D eigenvalue weighted by Crippen LogP contribution is 2.32. The van der Waals surface area contributed by atoms with Gasteiger partial charge >= 0.3 is 5.97 Å². The van der Waals surface area contributed by atoms with E-state index in [0.717, 1.165) is 0 Å². The van der Waals surface area contributed by atoms with Crippen molar-refractivity contribution in [2.24, 2.45) is 0 Å². The molecule has 1 aliphatic heterocycles. The van der Waals surface area contributed by atoms with Gasteiger partial charge in [-0.2, -0.15) is 0 Å². The van der Waals surface area contributed by atoms with Gasteiger partial charge in [-0.3, -0.25) is 20.7 Å². The second-order valence-electron chi connectivity index (χ2n) is 5.32. The Labute approximate surface area is 129 Å². The second kappa shape index (κ2) is 6.70. The molecule has 0 amide bonds. The highest BCUT2D eigenvalue weighted by Gasteiger charge is 2.34. The molecule has 0 spiro atoms. The maximum absolute atomic E-state index is 10.7. The van der Waals surface area contributed by atoms with Crippen LogP contribution in [0, 0.1) is 0 Å². The third-order valence-electron chi connectivity index (χ3n) is 3.80. The molecular weight excluding hydrogens is 278 g/mol. The average Bonchev–Trinajstić information content (AvgIpc) is 2.99. The molecule has 1 aliphatic rings. The molecule has 114 valence electrons. The number of carbonyl (C=O) groups is 1. The topological polar surface area (TPSA) is 73.4 Å². The van der Waals surface area contributed by atoms with Crippen LogP contribution in [0.4, 0.5) is 0 Å². The molecule has 1 heterocycles. The lowest BCUT2D eigenvalue weighted by atomic mass is 9.95. The molecule has 0 aliphatic carbocycles. The van der Waals surface area contributed by atoms with E-state index in [4.69, 9.17) is 5.11 Å². The number of benzene rings is 2. The van der Waals surface area contributed by atoms with E-state index in [1.54, 1.807) is 0 Å².